The highest BCUT2D eigenvalue weighted by atomic mass is 32.1. The molecular weight excluding hydrogens is 312 g/mol. The summed E-state index contributed by atoms with van der Waals surface area (Å²) >= 11 is 1.37. The zero-order chi connectivity index (χ0) is 16.6. The molecule has 1 amide bonds. The maximum Gasteiger partial charge on any atom is 0.308 e. The number of carbonyl (C=O) groups is 2. The van der Waals surface area contributed by atoms with Gasteiger partial charge in [-0.05, 0) is 20.3 Å². The van der Waals surface area contributed by atoms with Gasteiger partial charge in [0.2, 0.25) is 0 Å². The highest BCUT2D eigenvalue weighted by Crippen LogP contribution is 2.32. The maximum absolute atomic E-state index is 12.9. The fraction of sp³-hybridized carbons (Fsp3) is 0.353. The standard InChI is InChI=1S/C17H18N2O3S/c1-10-13(17(21)22)8-9-19(10)16(20)15-14(18-11(2)23-15)12-6-4-3-5-7-12/h3-7,10,13H,8-9H2,1-2H3,(H,21,22). The van der Waals surface area contributed by atoms with E-state index < -0.39 is 11.9 Å². The van der Waals surface area contributed by atoms with Crippen molar-refractivity contribution in [1.29, 1.82) is 0 Å². The third-order valence-corrected chi connectivity index (χ3v) is 5.27. The molecule has 23 heavy (non-hydrogen) atoms. The van der Waals surface area contributed by atoms with Crippen molar-refractivity contribution in [1.82, 2.24) is 9.88 Å². The molecule has 0 radical (unpaired) electrons. The Hall–Kier alpha value is -2.21. The van der Waals surface area contributed by atoms with Gasteiger partial charge in [0.15, 0.2) is 0 Å². The van der Waals surface area contributed by atoms with Crippen molar-refractivity contribution in [2.24, 2.45) is 5.92 Å². The highest BCUT2D eigenvalue weighted by Gasteiger charge is 2.39. The summed E-state index contributed by atoms with van der Waals surface area (Å²) in [6.07, 6.45) is 0.501. The largest absolute Gasteiger partial charge is 0.481 e. The van der Waals surface area contributed by atoms with Crippen molar-refractivity contribution in [2.45, 2.75) is 26.3 Å². The molecule has 0 saturated carbocycles. The van der Waals surface area contributed by atoms with Crippen molar-refractivity contribution in [3.05, 3.63) is 40.2 Å². The van der Waals surface area contributed by atoms with Crippen LogP contribution in [0.25, 0.3) is 11.3 Å². The van der Waals surface area contributed by atoms with Crippen LogP contribution in [0.2, 0.25) is 0 Å². The molecule has 1 aromatic carbocycles. The first kappa shape index (κ1) is 15.7. The van der Waals surface area contributed by atoms with Gasteiger partial charge in [0.1, 0.15) is 4.88 Å². The summed E-state index contributed by atoms with van der Waals surface area (Å²) in [5, 5.41) is 10.1. The third-order valence-electron chi connectivity index (χ3n) is 4.31. The van der Waals surface area contributed by atoms with Crippen LogP contribution in [0, 0.1) is 12.8 Å². The van der Waals surface area contributed by atoms with Crippen LogP contribution >= 0.6 is 11.3 Å². The molecule has 1 aliphatic heterocycles. The molecular formula is C17H18N2O3S. The molecule has 0 spiro atoms. The van der Waals surface area contributed by atoms with E-state index >= 15 is 0 Å². The van der Waals surface area contributed by atoms with Crippen LogP contribution in [0.15, 0.2) is 30.3 Å². The lowest BCUT2D eigenvalue weighted by Gasteiger charge is -2.23. The minimum absolute atomic E-state index is 0.120. The van der Waals surface area contributed by atoms with Gasteiger partial charge in [0.05, 0.1) is 16.6 Å². The Morgan fingerprint density at radius 3 is 2.61 bits per heavy atom. The van der Waals surface area contributed by atoms with E-state index in [2.05, 4.69) is 4.98 Å². The molecule has 1 aliphatic rings. The number of aromatic nitrogens is 1. The number of amides is 1. The van der Waals surface area contributed by atoms with Crippen molar-refractivity contribution in [2.75, 3.05) is 6.54 Å². The SMILES string of the molecule is Cc1nc(-c2ccccc2)c(C(=O)N2CCC(C(=O)O)C2C)s1. The van der Waals surface area contributed by atoms with Crippen molar-refractivity contribution >= 4 is 23.2 Å². The number of thiazole rings is 1. The monoisotopic (exact) mass is 330 g/mol. The molecule has 6 heteroatoms. The summed E-state index contributed by atoms with van der Waals surface area (Å²) in [4.78, 5) is 31.0. The van der Waals surface area contributed by atoms with Crippen LogP contribution in [-0.4, -0.2) is 39.5 Å². The van der Waals surface area contributed by atoms with E-state index in [-0.39, 0.29) is 11.9 Å². The summed E-state index contributed by atoms with van der Waals surface area (Å²) in [5.41, 5.74) is 1.59. The van der Waals surface area contributed by atoms with Gasteiger partial charge < -0.3 is 10.0 Å². The molecule has 1 fully saturated rings. The Balaban J connectivity index is 1.94. The van der Waals surface area contributed by atoms with Gasteiger partial charge in [0.25, 0.3) is 5.91 Å². The van der Waals surface area contributed by atoms with Gasteiger partial charge in [-0.1, -0.05) is 30.3 Å². The molecule has 5 nitrogen and oxygen atoms in total. The summed E-state index contributed by atoms with van der Waals surface area (Å²) < 4.78 is 0. The van der Waals surface area contributed by atoms with Gasteiger partial charge in [-0.2, -0.15) is 0 Å². The number of benzene rings is 1. The molecule has 2 atom stereocenters. The second kappa shape index (κ2) is 6.12. The Morgan fingerprint density at radius 1 is 1.30 bits per heavy atom. The van der Waals surface area contributed by atoms with Crippen molar-refractivity contribution in [3.8, 4) is 11.3 Å². The molecule has 0 aliphatic carbocycles. The Morgan fingerprint density at radius 2 is 2.00 bits per heavy atom. The number of rotatable bonds is 3. The van der Waals surface area contributed by atoms with Crippen LogP contribution in [0.1, 0.15) is 28.0 Å². The van der Waals surface area contributed by atoms with Crippen LogP contribution < -0.4 is 0 Å². The fourth-order valence-electron chi connectivity index (χ4n) is 3.05. The smallest absolute Gasteiger partial charge is 0.308 e. The number of carbonyl (C=O) groups excluding carboxylic acids is 1. The number of hydrogen-bond donors (Lipinski definition) is 1. The number of hydrogen-bond acceptors (Lipinski definition) is 4. The number of likely N-dealkylation sites (tertiary alicyclic amines) is 1. The first-order valence-electron chi connectivity index (χ1n) is 7.55. The predicted octanol–water partition coefficient (Wildman–Crippen LogP) is 3.05. The minimum Gasteiger partial charge on any atom is -0.481 e. The van der Waals surface area contributed by atoms with E-state index in [0.717, 1.165) is 10.6 Å². The normalized spacial score (nSPS) is 20.7. The topological polar surface area (TPSA) is 70.5 Å². The average molecular weight is 330 g/mol. The zero-order valence-corrected chi connectivity index (χ0v) is 13.8. The second-order valence-corrected chi connectivity index (χ2v) is 6.95. The lowest BCUT2D eigenvalue weighted by molar-refractivity contribution is -0.142. The molecule has 0 bridgehead atoms. The van der Waals surface area contributed by atoms with Crippen molar-refractivity contribution < 1.29 is 14.7 Å². The van der Waals surface area contributed by atoms with E-state index in [1.165, 1.54) is 11.3 Å². The van der Waals surface area contributed by atoms with E-state index in [1.807, 2.05) is 37.3 Å². The van der Waals surface area contributed by atoms with E-state index in [9.17, 15) is 14.7 Å². The first-order valence-corrected chi connectivity index (χ1v) is 8.37. The molecule has 1 saturated heterocycles. The number of nitrogens with zero attached hydrogens (tertiary/aromatic N) is 2. The molecule has 2 heterocycles. The van der Waals surface area contributed by atoms with Gasteiger partial charge in [-0.15, -0.1) is 11.3 Å². The maximum atomic E-state index is 12.9. The number of carboxylic acid groups (broad SMARTS) is 1. The summed E-state index contributed by atoms with van der Waals surface area (Å²) in [6.45, 7) is 4.16. The van der Waals surface area contributed by atoms with E-state index in [4.69, 9.17) is 0 Å². The molecule has 3 rings (SSSR count). The summed E-state index contributed by atoms with van der Waals surface area (Å²) in [6, 6.07) is 9.31. The quantitative estimate of drug-likeness (QED) is 0.939. The van der Waals surface area contributed by atoms with Crippen molar-refractivity contribution in [3.63, 3.8) is 0 Å². The summed E-state index contributed by atoms with van der Waals surface area (Å²) in [7, 11) is 0. The minimum atomic E-state index is -0.837. The molecule has 2 aromatic rings. The summed E-state index contributed by atoms with van der Waals surface area (Å²) in [5.74, 6) is -1.45. The van der Waals surface area contributed by atoms with Gasteiger partial charge in [-0.25, -0.2) is 4.98 Å². The molecule has 1 aromatic heterocycles. The Bertz CT molecular complexity index is 742. The fourth-order valence-corrected chi connectivity index (χ4v) is 3.95. The molecule has 120 valence electrons. The highest BCUT2D eigenvalue weighted by molar-refractivity contribution is 7.14. The lowest BCUT2D eigenvalue weighted by Crippen LogP contribution is -2.37. The zero-order valence-electron chi connectivity index (χ0n) is 13.0. The van der Waals surface area contributed by atoms with E-state index in [1.54, 1.807) is 11.8 Å². The number of carboxylic acids is 1. The van der Waals surface area contributed by atoms with Gasteiger partial charge in [0, 0.05) is 18.2 Å². The number of aliphatic carboxylic acids is 1. The molecule has 1 N–H and O–H groups in total. The Labute approximate surface area is 138 Å². The van der Waals surface area contributed by atoms with E-state index in [0.29, 0.717) is 23.5 Å². The predicted molar refractivity (Wildman–Crippen MR) is 88.5 cm³/mol. The van der Waals surface area contributed by atoms with Crippen LogP contribution in [-0.2, 0) is 4.79 Å². The molecule has 2 unspecified atom stereocenters. The number of aryl methyl sites for hydroxylation is 1. The van der Waals surface area contributed by atoms with Gasteiger partial charge >= 0.3 is 5.97 Å². The van der Waals surface area contributed by atoms with Crippen LogP contribution in [0.5, 0.6) is 0 Å². The Kier molecular flexibility index (Phi) is 4.17. The second-order valence-electron chi connectivity index (χ2n) is 5.75. The average Bonchev–Trinajstić information content (AvgIpc) is 3.11. The third kappa shape index (κ3) is 2.86. The van der Waals surface area contributed by atoms with Crippen LogP contribution in [0.4, 0.5) is 0 Å². The van der Waals surface area contributed by atoms with Crippen LogP contribution in [0.3, 0.4) is 0 Å². The first-order chi connectivity index (χ1) is 11.0. The van der Waals surface area contributed by atoms with Gasteiger partial charge in [-0.3, -0.25) is 9.59 Å². The lowest BCUT2D eigenvalue weighted by atomic mass is 10.0.